The fourth-order valence-corrected chi connectivity index (χ4v) is 2.68. The lowest BCUT2D eigenvalue weighted by Gasteiger charge is -2.34. The zero-order valence-electron chi connectivity index (χ0n) is 11.6. The minimum absolute atomic E-state index is 0.239. The van der Waals surface area contributed by atoms with Crippen molar-refractivity contribution >= 4 is 5.78 Å². The van der Waals surface area contributed by atoms with Crippen LogP contribution in [-0.2, 0) is 6.18 Å². The molecule has 20 heavy (non-hydrogen) atoms. The average molecular weight is 285 g/mol. The number of Topliss-reactive ketones (excluding diaryl/α,β-unsaturated/α-hetero) is 1. The standard InChI is InChI=1S/C15H18F3NO/c1-14(2,19-9-5-6-10-19)13(20)11-7-3-4-8-12(11)15(16,17)18/h3-4,7-8H,5-6,9-10H2,1-2H3. The SMILES string of the molecule is CC(C)(C(=O)c1ccccc1C(F)(F)F)N1CCCC1. The van der Waals surface area contributed by atoms with Crippen LogP contribution in [0.3, 0.4) is 0 Å². The normalized spacial score (nSPS) is 17.4. The number of halogens is 3. The highest BCUT2D eigenvalue weighted by atomic mass is 19.4. The molecule has 0 spiro atoms. The minimum atomic E-state index is -4.51. The van der Waals surface area contributed by atoms with Gasteiger partial charge in [-0.3, -0.25) is 9.69 Å². The largest absolute Gasteiger partial charge is 0.417 e. The average Bonchev–Trinajstić information content (AvgIpc) is 2.91. The van der Waals surface area contributed by atoms with Crippen LogP contribution >= 0.6 is 0 Å². The first-order valence-corrected chi connectivity index (χ1v) is 6.70. The van der Waals surface area contributed by atoms with Crippen molar-refractivity contribution in [1.29, 1.82) is 0 Å². The van der Waals surface area contributed by atoms with E-state index in [1.807, 2.05) is 4.90 Å². The summed E-state index contributed by atoms with van der Waals surface area (Å²) in [5, 5.41) is 0. The molecule has 0 aromatic heterocycles. The molecule has 0 aliphatic carbocycles. The number of hydrogen-bond acceptors (Lipinski definition) is 2. The lowest BCUT2D eigenvalue weighted by molar-refractivity contribution is -0.138. The Bertz CT molecular complexity index is 502. The molecule has 0 bridgehead atoms. The Hall–Kier alpha value is -1.36. The van der Waals surface area contributed by atoms with Gasteiger partial charge in [-0.2, -0.15) is 13.2 Å². The molecule has 0 unspecified atom stereocenters. The Morgan fingerprint density at radius 1 is 1.10 bits per heavy atom. The fraction of sp³-hybridized carbons (Fsp3) is 0.533. The molecule has 5 heteroatoms. The highest BCUT2D eigenvalue weighted by Gasteiger charge is 2.41. The molecular weight excluding hydrogens is 267 g/mol. The van der Waals surface area contributed by atoms with E-state index in [9.17, 15) is 18.0 Å². The van der Waals surface area contributed by atoms with E-state index in [0.717, 1.165) is 32.0 Å². The van der Waals surface area contributed by atoms with Crippen LogP contribution in [0.1, 0.15) is 42.6 Å². The van der Waals surface area contributed by atoms with Crippen molar-refractivity contribution in [2.75, 3.05) is 13.1 Å². The maximum absolute atomic E-state index is 13.0. The van der Waals surface area contributed by atoms with Crippen LogP contribution in [0.15, 0.2) is 24.3 Å². The number of rotatable bonds is 3. The molecule has 110 valence electrons. The van der Waals surface area contributed by atoms with Gasteiger partial charge < -0.3 is 0 Å². The van der Waals surface area contributed by atoms with Crippen LogP contribution in [0.25, 0.3) is 0 Å². The molecular formula is C15H18F3NO. The van der Waals surface area contributed by atoms with E-state index in [-0.39, 0.29) is 5.56 Å². The van der Waals surface area contributed by atoms with E-state index in [2.05, 4.69) is 0 Å². The van der Waals surface area contributed by atoms with E-state index in [0.29, 0.717) is 0 Å². The minimum Gasteiger partial charge on any atom is -0.292 e. The number of benzene rings is 1. The molecule has 2 nitrogen and oxygen atoms in total. The van der Waals surface area contributed by atoms with Gasteiger partial charge in [0, 0.05) is 5.56 Å². The monoisotopic (exact) mass is 285 g/mol. The molecule has 0 radical (unpaired) electrons. The van der Waals surface area contributed by atoms with Crippen molar-refractivity contribution in [3.05, 3.63) is 35.4 Å². The van der Waals surface area contributed by atoms with Crippen LogP contribution in [0.4, 0.5) is 13.2 Å². The van der Waals surface area contributed by atoms with Crippen LogP contribution in [0.5, 0.6) is 0 Å². The van der Waals surface area contributed by atoms with Gasteiger partial charge in [0.05, 0.1) is 11.1 Å². The second kappa shape index (κ2) is 5.20. The molecule has 1 aliphatic rings. The Morgan fingerprint density at radius 3 is 2.20 bits per heavy atom. The molecule has 0 atom stereocenters. The molecule has 1 aromatic carbocycles. The molecule has 1 fully saturated rings. The Morgan fingerprint density at radius 2 is 1.65 bits per heavy atom. The van der Waals surface area contributed by atoms with Crippen molar-refractivity contribution < 1.29 is 18.0 Å². The van der Waals surface area contributed by atoms with Crippen molar-refractivity contribution in [1.82, 2.24) is 4.90 Å². The third-order valence-corrected chi connectivity index (χ3v) is 3.93. The zero-order valence-corrected chi connectivity index (χ0v) is 11.6. The van der Waals surface area contributed by atoms with Gasteiger partial charge in [-0.1, -0.05) is 18.2 Å². The second-order valence-electron chi connectivity index (χ2n) is 5.63. The second-order valence-corrected chi connectivity index (χ2v) is 5.63. The summed E-state index contributed by atoms with van der Waals surface area (Å²) in [6, 6.07) is 5.02. The number of likely N-dealkylation sites (tertiary alicyclic amines) is 1. The summed E-state index contributed by atoms with van der Waals surface area (Å²) in [6.45, 7) is 4.92. The number of hydrogen-bond donors (Lipinski definition) is 0. The van der Waals surface area contributed by atoms with E-state index in [1.165, 1.54) is 18.2 Å². The van der Waals surface area contributed by atoms with E-state index in [4.69, 9.17) is 0 Å². The van der Waals surface area contributed by atoms with Gasteiger partial charge in [0.2, 0.25) is 0 Å². The fourth-order valence-electron chi connectivity index (χ4n) is 2.68. The van der Waals surface area contributed by atoms with Gasteiger partial charge in [0.15, 0.2) is 5.78 Å². The molecule has 0 N–H and O–H groups in total. The van der Waals surface area contributed by atoms with E-state index < -0.39 is 23.1 Å². The highest BCUT2D eigenvalue weighted by molar-refractivity contribution is 6.04. The van der Waals surface area contributed by atoms with Crippen LogP contribution in [-0.4, -0.2) is 29.3 Å². The van der Waals surface area contributed by atoms with Crippen LogP contribution in [0.2, 0.25) is 0 Å². The smallest absolute Gasteiger partial charge is 0.292 e. The Balaban J connectivity index is 2.38. The maximum Gasteiger partial charge on any atom is 0.417 e. The topological polar surface area (TPSA) is 20.3 Å². The third kappa shape index (κ3) is 2.73. The predicted octanol–water partition coefficient (Wildman–Crippen LogP) is 3.76. The lowest BCUT2D eigenvalue weighted by Crippen LogP contribution is -2.49. The highest BCUT2D eigenvalue weighted by Crippen LogP contribution is 2.34. The van der Waals surface area contributed by atoms with Crippen molar-refractivity contribution in [2.24, 2.45) is 0 Å². The number of nitrogens with zero attached hydrogens (tertiary/aromatic N) is 1. The Kier molecular flexibility index (Phi) is 3.91. The first-order chi connectivity index (χ1) is 9.24. The van der Waals surface area contributed by atoms with Gasteiger partial charge >= 0.3 is 6.18 Å². The van der Waals surface area contributed by atoms with Crippen LogP contribution < -0.4 is 0 Å². The quantitative estimate of drug-likeness (QED) is 0.788. The summed E-state index contributed by atoms with van der Waals surface area (Å²) < 4.78 is 39.0. The summed E-state index contributed by atoms with van der Waals surface area (Å²) >= 11 is 0. The number of ketones is 1. The molecule has 2 rings (SSSR count). The van der Waals surface area contributed by atoms with Crippen molar-refractivity contribution in [3.63, 3.8) is 0 Å². The van der Waals surface area contributed by atoms with Crippen LogP contribution in [0, 0.1) is 0 Å². The number of alkyl halides is 3. The first kappa shape index (κ1) is 15.0. The third-order valence-electron chi connectivity index (χ3n) is 3.93. The Labute approximate surface area is 116 Å². The molecule has 1 aliphatic heterocycles. The van der Waals surface area contributed by atoms with Gasteiger partial charge in [-0.15, -0.1) is 0 Å². The zero-order chi connectivity index (χ0) is 15.0. The van der Waals surface area contributed by atoms with Crippen molar-refractivity contribution in [2.45, 2.75) is 38.4 Å². The molecule has 1 saturated heterocycles. The summed E-state index contributed by atoms with van der Waals surface area (Å²) in [7, 11) is 0. The van der Waals surface area contributed by atoms with E-state index in [1.54, 1.807) is 13.8 Å². The number of carbonyl (C=O) groups excluding carboxylic acids is 1. The maximum atomic E-state index is 13.0. The van der Waals surface area contributed by atoms with Gasteiger partial charge in [-0.25, -0.2) is 0 Å². The summed E-state index contributed by atoms with van der Waals surface area (Å²) in [5.74, 6) is -0.465. The molecule has 1 heterocycles. The number of carbonyl (C=O) groups is 1. The summed E-state index contributed by atoms with van der Waals surface area (Å²) in [4.78, 5) is 14.5. The van der Waals surface area contributed by atoms with Gasteiger partial charge in [-0.05, 0) is 45.8 Å². The molecule has 0 saturated carbocycles. The lowest BCUT2D eigenvalue weighted by atomic mass is 9.89. The first-order valence-electron chi connectivity index (χ1n) is 6.70. The summed E-state index contributed by atoms with van der Waals surface area (Å²) in [5.41, 5.74) is -1.99. The molecule has 1 aromatic rings. The molecule has 0 amide bonds. The van der Waals surface area contributed by atoms with E-state index >= 15 is 0 Å². The van der Waals surface area contributed by atoms with Gasteiger partial charge in [0.25, 0.3) is 0 Å². The predicted molar refractivity (Wildman–Crippen MR) is 70.7 cm³/mol. The van der Waals surface area contributed by atoms with Gasteiger partial charge in [0.1, 0.15) is 0 Å². The summed E-state index contributed by atoms with van der Waals surface area (Å²) in [6.07, 6.45) is -2.54. The van der Waals surface area contributed by atoms with Crippen molar-refractivity contribution in [3.8, 4) is 0 Å².